The maximum absolute atomic E-state index is 2.42. The number of nitrogens with zero attached hydrogens (tertiary/aromatic N) is 1. The minimum absolute atomic E-state index is 0.104. The highest BCUT2D eigenvalue weighted by Gasteiger charge is 2.35. The lowest BCUT2D eigenvalue weighted by molar-refractivity contribution is 0.660. The van der Waals surface area contributed by atoms with E-state index in [9.17, 15) is 0 Å². The zero-order valence-electron chi connectivity index (χ0n) is 33.1. The van der Waals surface area contributed by atoms with E-state index in [1.807, 2.05) is 11.3 Å². The van der Waals surface area contributed by atoms with Crippen LogP contribution in [0, 0.1) is 0 Å². The van der Waals surface area contributed by atoms with Crippen LogP contribution in [0.3, 0.4) is 0 Å². The third-order valence-electron chi connectivity index (χ3n) is 12.3. The molecule has 0 bridgehead atoms. The van der Waals surface area contributed by atoms with Gasteiger partial charge in [0.1, 0.15) is 0 Å². The Bertz CT molecular complexity index is 3160. The number of fused-ring (bicyclic) bond motifs is 6. The number of benzene rings is 9. The minimum Gasteiger partial charge on any atom is -0.310 e. The number of hydrogen-bond donors (Lipinski definition) is 0. The van der Waals surface area contributed by atoms with Gasteiger partial charge >= 0.3 is 0 Å². The smallest absolute Gasteiger partial charge is 0.0465 e. The van der Waals surface area contributed by atoms with Crippen LogP contribution in [0.5, 0.6) is 0 Å². The summed E-state index contributed by atoms with van der Waals surface area (Å²) in [7, 11) is 0. The fourth-order valence-corrected chi connectivity index (χ4v) is 10.5. The molecule has 0 atom stereocenters. The van der Waals surface area contributed by atoms with Crippen molar-refractivity contribution in [3.05, 3.63) is 223 Å². The third-order valence-corrected chi connectivity index (χ3v) is 13.4. The summed E-state index contributed by atoms with van der Waals surface area (Å²) in [6.07, 6.45) is 0. The van der Waals surface area contributed by atoms with Gasteiger partial charge in [-0.05, 0) is 121 Å². The van der Waals surface area contributed by atoms with Gasteiger partial charge in [0.05, 0.1) is 0 Å². The summed E-state index contributed by atoms with van der Waals surface area (Å²) in [6.45, 7) is 4.71. The zero-order valence-corrected chi connectivity index (χ0v) is 33.9. The van der Waals surface area contributed by atoms with Gasteiger partial charge in [-0.3, -0.25) is 0 Å². The van der Waals surface area contributed by atoms with Gasteiger partial charge in [0.25, 0.3) is 0 Å². The number of thiophene rings is 1. The molecule has 59 heavy (non-hydrogen) atoms. The van der Waals surface area contributed by atoms with E-state index in [2.05, 4.69) is 231 Å². The van der Waals surface area contributed by atoms with Gasteiger partial charge in [-0.25, -0.2) is 0 Å². The summed E-state index contributed by atoms with van der Waals surface area (Å²) < 4.78 is 2.61. The Hall–Kier alpha value is -7.00. The van der Waals surface area contributed by atoms with E-state index in [4.69, 9.17) is 0 Å². The normalized spacial score (nSPS) is 12.7. The monoisotopic (exact) mass is 771 g/mol. The average molecular weight is 772 g/mol. The molecule has 280 valence electrons. The highest BCUT2D eigenvalue weighted by molar-refractivity contribution is 7.26. The van der Waals surface area contributed by atoms with Crippen LogP contribution < -0.4 is 4.90 Å². The lowest BCUT2D eigenvalue weighted by atomic mass is 9.82. The number of anilines is 3. The molecule has 2 heteroatoms. The van der Waals surface area contributed by atoms with Crippen molar-refractivity contribution in [2.24, 2.45) is 0 Å². The summed E-state index contributed by atoms with van der Waals surface area (Å²) in [5, 5.41) is 2.62. The van der Waals surface area contributed by atoms with Crippen molar-refractivity contribution in [3.8, 4) is 55.6 Å². The van der Waals surface area contributed by atoms with Gasteiger partial charge in [-0.1, -0.05) is 172 Å². The topological polar surface area (TPSA) is 3.24 Å². The lowest BCUT2D eigenvalue weighted by Crippen LogP contribution is -2.16. The third kappa shape index (κ3) is 5.99. The van der Waals surface area contributed by atoms with Gasteiger partial charge in [0.2, 0.25) is 0 Å². The summed E-state index contributed by atoms with van der Waals surface area (Å²) >= 11 is 1.87. The Morgan fingerprint density at radius 1 is 0.356 bits per heavy atom. The van der Waals surface area contributed by atoms with Crippen molar-refractivity contribution in [2.45, 2.75) is 19.3 Å². The van der Waals surface area contributed by atoms with E-state index in [0.29, 0.717) is 0 Å². The van der Waals surface area contributed by atoms with Crippen molar-refractivity contribution in [2.75, 3.05) is 4.90 Å². The largest absolute Gasteiger partial charge is 0.310 e. The second-order valence-electron chi connectivity index (χ2n) is 16.1. The predicted octanol–water partition coefficient (Wildman–Crippen LogP) is 16.5. The quantitative estimate of drug-likeness (QED) is 0.156. The fraction of sp³-hybridized carbons (Fsp3) is 0.0526. The highest BCUT2D eigenvalue weighted by Crippen LogP contribution is 2.51. The molecule has 1 nitrogen and oxygen atoms in total. The molecule has 1 aromatic heterocycles. The molecule has 1 heterocycles. The first-order valence-electron chi connectivity index (χ1n) is 20.4. The Labute approximate surface area is 350 Å². The lowest BCUT2D eigenvalue weighted by Gasteiger charge is -2.28. The van der Waals surface area contributed by atoms with Crippen LogP contribution in [0.15, 0.2) is 212 Å². The summed E-state index contributed by atoms with van der Waals surface area (Å²) in [4.78, 5) is 2.41. The molecule has 0 spiro atoms. The molecule has 0 amide bonds. The van der Waals surface area contributed by atoms with Crippen LogP contribution in [-0.2, 0) is 5.41 Å². The van der Waals surface area contributed by atoms with Gasteiger partial charge in [-0.2, -0.15) is 0 Å². The molecule has 1 aliphatic carbocycles. The second kappa shape index (κ2) is 14.1. The Morgan fingerprint density at radius 3 is 1.64 bits per heavy atom. The van der Waals surface area contributed by atoms with Crippen molar-refractivity contribution in [1.29, 1.82) is 0 Å². The molecule has 0 aliphatic heterocycles. The first-order chi connectivity index (χ1) is 29.0. The maximum atomic E-state index is 2.42. The summed E-state index contributed by atoms with van der Waals surface area (Å²) in [5.41, 5.74) is 18.5. The first-order valence-corrected chi connectivity index (χ1v) is 21.2. The zero-order chi connectivity index (χ0) is 39.5. The molecule has 10 aromatic rings. The van der Waals surface area contributed by atoms with Crippen molar-refractivity contribution >= 4 is 48.6 Å². The first kappa shape index (κ1) is 35.2. The van der Waals surface area contributed by atoms with Crippen molar-refractivity contribution in [1.82, 2.24) is 0 Å². The van der Waals surface area contributed by atoms with Gasteiger partial charge in [0.15, 0.2) is 0 Å². The van der Waals surface area contributed by atoms with Crippen LogP contribution in [0.2, 0.25) is 0 Å². The summed E-state index contributed by atoms with van der Waals surface area (Å²) in [5.74, 6) is 0. The van der Waals surface area contributed by atoms with Crippen LogP contribution in [0.1, 0.15) is 25.0 Å². The standard InChI is InChI=1S/C57H41NS/c1-57(2)51-22-11-9-20-48(51)49-33-32-46(37-52(49)57)58(44-28-24-40(25-29-44)38-14-5-3-6-15-38)45-30-26-41(27-31-45)47-34-35-54-56(50-21-10-12-23-53(50)59-54)55(47)43-19-13-18-42(36-43)39-16-7-4-8-17-39/h3-37H,1-2H3. The predicted molar refractivity (Wildman–Crippen MR) is 253 cm³/mol. The second-order valence-corrected chi connectivity index (χ2v) is 17.2. The number of hydrogen-bond acceptors (Lipinski definition) is 2. The Morgan fingerprint density at radius 2 is 0.898 bits per heavy atom. The van der Waals surface area contributed by atoms with E-state index in [0.717, 1.165) is 17.1 Å². The Kier molecular flexibility index (Phi) is 8.43. The summed E-state index contributed by atoms with van der Waals surface area (Å²) in [6, 6.07) is 78.0. The van der Waals surface area contributed by atoms with E-state index in [-0.39, 0.29) is 5.41 Å². The molecule has 0 radical (unpaired) electrons. The van der Waals surface area contributed by atoms with Gasteiger partial charge < -0.3 is 4.90 Å². The molecule has 0 saturated carbocycles. The van der Waals surface area contributed by atoms with Crippen LogP contribution in [0.25, 0.3) is 75.8 Å². The molecular weight excluding hydrogens is 731 g/mol. The Balaban J connectivity index is 1.06. The van der Waals surface area contributed by atoms with Crippen LogP contribution in [-0.4, -0.2) is 0 Å². The SMILES string of the molecule is CC1(C)c2ccccc2-c2ccc(N(c3ccc(-c4ccccc4)cc3)c3ccc(-c4ccc5sc6ccccc6c5c4-c4cccc(-c5ccccc5)c4)cc3)cc21. The molecule has 0 fully saturated rings. The van der Waals surface area contributed by atoms with Gasteiger partial charge in [-0.15, -0.1) is 11.3 Å². The van der Waals surface area contributed by atoms with Crippen molar-refractivity contribution in [3.63, 3.8) is 0 Å². The van der Waals surface area contributed by atoms with E-state index < -0.39 is 0 Å². The molecular formula is C57H41NS. The van der Waals surface area contributed by atoms with Crippen LogP contribution >= 0.6 is 11.3 Å². The van der Waals surface area contributed by atoms with Gasteiger partial charge in [0, 0.05) is 42.6 Å². The average Bonchev–Trinajstić information content (AvgIpc) is 3.79. The minimum atomic E-state index is -0.104. The fourth-order valence-electron chi connectivity index (χ4n) is 9.34. The van der Waals surface area contributed by atoms with Crippen molar-refractivity contribution < 1.29 is 0 Å². The maximum Gasteiger partial charge on any atom is 0.0465 e. The van der Waals surface area contributed by atoms with E-state index in [1.54, 1.807) is 0 Å². The molecule has 0 saturated heterocycles. The molecule has 9 aromatic carbocycles. The molecule has 1 aliphatic rings. The van der Waals surface area contributed by atoms with E-state index >= 15 is 0 Å². The number of rotatable bonds is 7. The molecule has 0 N–H and O–H groups in total. The highest BCUT2D eigenvalue weighted by atomic mass is 32.1. The molecule has 0 unspecified atom stereocenters. The molecule has 11 rings (SSSR count). The van der Waals surface area contributed by atoms with Crippen LogP contribution in [0.4, 0.5) is 17.1 Å². The van der Waals surface area contributed by atoms with E-state index in [1.165, 1.54) is 86.9 Å².